The van der Waals surface area contributed by atoms with Crippen LogP contribution in [0.25, 0.3) is 0 Å². The van der Waals surface area contributed by atoms with Gasteiger partial charge >= 0.3 is 0 Å². The molecule has 0 aliphatic heterocycles. The molecule has 3 heteroatoms. The van der Waals surface area contributed by atoms with Gasteiger partial charge in [-0.25, -0.2) is 4.98 Å². The summed E-state index contributed by atoms with van der Waals surface area (Å²) in [6.45, 7) is 2.12. The van der Waals surface area contributed by atoms with E-state index in [-0.39, 0.29) is 0 Å². The fraction of sp³-hybridized carbons (Fsp3) is 0.667. The van der Waals surface area contributed by atoms with E-state index in [0.29, 0.717) is 11.9 Å². The van der Waals surface area contributed by atoms with Crippen molar-refractivity contribution < 1.29 is 0 Å². The summed E-state index contributed by atoms with van der Waals surface area (Å²) in [4.78, 5) is 4.27. The smallest absolute Gasteiger partial charge is 0.141 e. The van der Waals surface area contributed by atoms with Gasteiger partial charge in [-0.05, 0) is 19.3 Å². The summed E-state index contributed by atoms with van der Waals surface area (Å²) >= 11 is 0. The number of nitrogens with zero attached hydrogens (tertiary/aromatic N) is 2. The van der Waals surface area contributed by atoms with Crippen LogP contribution in [0.4, 0.5) is 5.82 Å². The Morgan fingerprint density at radius 3 is 2.92 bits per heavy atom. The lowest BCUT2D eigenvalue weighted by molar-refractivity contribution is 0.306. The third kappa shape index (κ3) is 1.09. The largest absolute Gasteiger partial charge is 0.382 e. The van der Waals surface area contributed by atoms with Gasteiger partial charge in [0.25, 0.3) is 0 Å². The molecule has 0 amide bonds. The molecule has 0 saturated heterocycles. The van der Waals surface area contributed by atoms with Gasteiger partial charge in [0.1, 0.15) is 11.6 Å². The Balaban J connectivity index is 2.27. The van der Waals surface area contributed by atoms with Gasteiger partial charge in [0.15, 0.2) is 0 Å². The van der Waals surface area contributed by atoms with E-state index in [0.717, 1.165) is 12.2 Å². The van der Waals surface area contributed by atoms with Crippen LogP contribution in [0.1, 0.15) is 38.1 Å². The van der Waals surface area contributed by atoms with E-state index < -0.39 is 0 Å². The maximum absolute atomic E-state index is 5.64. The Morgan fingerprint density at radius 1 is 1.67 bits per heavy atom. The van der Waals surface area contributed by atoms with Crippen molar-refractivity contribution in [1.29, 1.82) is 0 Å². The first-order valence-corrected chi connectivity index (χ1v) is 4.64. The lowest BCUT2D eigenvalue weighted by Crippen LogP contribution is -2.18. The zero-order chi connectivity index (χ0) is 8.55. The summed E-state index contributed by atoms with van der Waals surface area (Å²) in [6, 6.07) is 0.685. The Morgan fingerprint density at radius 2 is 2.42 bits per heavy atom. The Bertz CT molecular complexity index is 273. The number of aryl methyl sites for hydroxylation is 1. The average Bonchev–Trinajstić information content (AvgIpc) is 2.27. The Kier molecular flexibility index (Phi) is 1.79. The molecular weight excluding hydrogens is 150 g/mol. The SMILES string of the molecule is CCc1nc(N)cn1C1CCC1. The van der Waals surface area contributed by atoms with E-state index in [4.69, 9.17) is 5.73 Å². The molecule has 0 aromatic carbocycles. The lowest BCUT2D eigenvalue weighted by atomic mass is 9.93. The fourth-order valence-electron chi connectivity index (χ4n) is 1.70. The number of hydrogen-bond acceptors (Lipinski definition) is 2. The monoisotopic (exact) mass is 165 g/mol. The maximum Gasteiger partial charge on any atom is 0.141 e. The summed E-state index contributed by atoms with van der Waals surface area (Å²) in [6.07, 6.45) is 6.90. The van der Waals surface area contributed by atoms with Gasteiger partial charge in [0.05, 0.1) is 0 Å². The van der Waals surface area contributed by atoms with Crippen molar-refractivity contribution in [3.8, 4) is 0 Å². The van der Waals surface area contributed by atoms with Crippen molar-refractivity contribution in [2.45, 2.75) is 38.6 Å². The molecule has 1 aliphatic rings. The Hall–Kier alpha value is -0.990. The molecule has 0 spiro atoms. The average molecular weight is 165 g/mol. The molecule has 0 radical (unpaired) electrons. The highest BCUT2D eigenvalue weighted by atomic mass is 15.1. The van der Waals surface area contributed by atoms with Crippen molar-refractivity contribution in [3.63, 3.8) is 0 Å². The molecule has 0 atom stereocenters. The second-order valence-corrected chi connectivity index (χ2v) is 3.43. The predicted octanol–water partition coefficient (Wildman–Crippen LogP) is 1.75. The molecule has 1 aromatic rings. The quantitative estimate of drug-likeness (QED) is 0.725. The van der Waals surface area contributed by atoms with E-state index in [1.54, 1.807) is 0 Å². The molecule has 1 fully saturated rings. The highest BCUT2D eigenvalue weighted by Crippen LogP contribution is 2.32. The zero-order valence-corrected chi connectivity index (χ0v) is 7.45. The summed E-state index contributed by atoms with van der Waals surface area (Å²) in [7, 11) is 0. The summed E-state index contributed by atoms with van der Waals surface area (Å²) in [5, 5.41) is 0. The summed E-state index contributed by atoms with van der Waals surface area (Å²) < 4.78 is 2.25. The van der Waals surface area contributed by atoms with Gasteiger partial charge in [-0.1, -0.05) is 6.92 Å². The van der Waals surface area contributed by atoms with Crippen LogP contribution in [-0.4, -0.2) is 9.55 Å². The van der Waals surface area contributed by atoms with Gasteiger partial charge in [0, 0.05) is 18.7 Å². The van der Waals surface area contributed by atoms with Crippen LogP contribution in [0, 0.1) is 0 Å². The Labute approximate surface area is 72.6 Å². The molecule has 2 rings (SSSR count). The summed E-state index contributed by atoms with van der Waals surface area (Å²) in [5.74, 6) is 1.80. The number of hydrogen-bond donors (Lipinski definition) is 1. The van der Waals surface area contributed by atoms with Crippen molar-refractivity contribution in [2.24, 2.45) is 0 Å². The van der Waals surface area contributed by atoms with Crippen LogP contribution in [0.3, 0.4) is 0 Å². The minimum absolute atomic E-state index is 0.666. The van der Waals surface area contributed by atoms with Crippen molar-refractivity contribution >= 4 is 5.82 Å². The molecule has 2 N–H and O–H groups in total. The highest BCUT2D eigenvalue weighted by Gasteiger charge is 2.21. The molecule has 1 heterocycles. The number of imidazole rings is 1. The third-order valence-electron chi connectivity index (χ3n) is 2.61. The van der Waals surface area contributed by atoms with Crippen LogP contribution < -0.4 is 5.73 Å². The first-order chi connectivity index (χ1) is 5.81. The highest BCUT2D eigenvalue weighted by molar-refractivity contribution is 5.26. The topological polar surface area (TPSA) is 43.8 Å². The van der Waals surface area contributed by atoms with Crippen LogP contribution in [0.15, 0.2) is 6.20 Å². The molecule has 1 saturated carbocycles. The fourth-order valence-corrected chi connectivity index (χ4v) is 1.70. The number of rotatable bonds is 2. The standard InChI is InChI=1S/C9H15N3/c1-2-9-11-8(10)6-12(9)7-4-3-5-7/h6-7H,2-5,10H2,1H3. The number of nitrogens with two attached hydrogens (primary N) is 1. The molecule has 1 aliphatic carbocycles. The normalized spacial score (nSPS) is 17.8. The third-order valence-corrected chi connectivity index (χ3v) is 2.61. The van der Waals surface area contributed by atoms with Crippen LogP contribution in [0.5, 0.6) is 0 Å². The van der Waals surface area contributed by atoms with Crippen LogP contribution in [-0.2, 0) is 6.42 Å². The molecule has 3 nitrogen and oxygen atoms in total. The van der Waals surface area contributed by atoms with E-state index >= 15 is 0 Å². The minimum Gasteiger partial charge on any atom is -0.382 e. The first-order valence-electron chi connectivity index (χ1n) is 4.64. The first kappa shape index (κ1) is 7.65. The second kappa shape index (κ2) is 2.81. The van der Waals surface area contributed by atoms with Gasteiger partial charge < -0.3 is 10.3 Å². The number of aromatic nitrogens is 2. The van der Waals surface area contributed by atoms with E-state index in [1.165, 1.54) is 19.3 Å². The molecular formula is C9H15N3. The van der Waals surface area contributed by atoms with Crippen LogP contribution in [0.2, 0.25) is 0 Å². The lowest BCUT2D eigenvalue weighted by Gasteiger charge is -2.28. The molecule has 1 aromatic heterocycles. The molecule has 12 heavy (non-hydrogen) atoms. The van der Waals surface area contributed by atoms with Crippen LogP contribution >= 0.6 is 0 Å². The zero-order valence-electron chi connectivity index (χ0n) is 7.45. The van der Waals surface area contributed by atoms with Crippen molar-refractivity contribution in [1.82, 2.24) is 9.55 Å². The second-order valence-electron chi connectivity index (χ2n) is 3.43. The van der Waals surface area contributed by atoms with Crippen molar-refractivity contribution in [2.75, 3.05) is 5.73 Å². The predicted molar refractivity (Wildman–Crippen MR) is 48.9 cm³/mol. The van der Waals surface area contributed by atoms with Crippen molar-refractivity contribution in [3.05, 3.63) is 12.0 Å². The van der Waals surface area contributed by atoms with Gasteiger partial charge in [-0.3, -0.25) is 0 Å². The molecule has 0 unspecified atom stereocenters. The van der Waals surface area contributed by atoms with Gasteiger partial charge in [-0.2, -0.15) is 0 Å². The molecule has 0 bridgehead atoms. The van der Waals surface area contributed by atoms with Gasteiger partial charge in [0.2, 0.25) is 0 Å². The number of anilines is 1. The number of nitrogen functional groups attached to an aromatic ring is 1. The molecule has 66 valence electrons. The van der Waals surface area contributed by atoms with Gasteiger partial charge in [-0.15, -0.1) is 0 Å². The summed E-state index contributed by atoms with van der Waals surface area (Å²) in [5.41, 5.74) is 5.64. The van der Waals surface area contributed by atoms with E-state index in [2.05, 4.69) is 16.5 Å². The maximum atomic E-state index is 5.64. The van der Waals surface area contributed by atoms with E-state index in [1.807, 2.05) is 6.20 Å². The van der Waals surface area contributed by atoms with E-state index in [9.17, 15) is 0 Å². The minimum atomic E-state index is 0.666.